The van der Waals surface area contributed by atoms with E-state index < -0.39 is 12.1 Å². The predicted octanol–water partition coefficient (Wildman–Crippen LogP) is 7.15. The standard InChI is InChI=1S/C38H39N5O4/c1-38(2,3)33(28-15-9-5-10-16-28)32-25-41(37(45)46)23-24-42(32)36(44)34-35(29-17-11-6-12-18-29)43(40-39-34)30-19-21-31(22-20-30)47-26-27-13-7-4-8-14-27/h4-22,32-33H,23-26H2,1-3H3,(H,45,46). The Morgan fingerprint density at radius 2 is 1.47 bits per heavy atom. The van der Waals surface area contributed by atoms with Gasteiger partial charge in [0.05, 0.1) is 11.7 Å². The van der Waals surface area contributed by atoms with E-state index in [9.17, 15) is 14.7 Å². The lowest BCUT2D eigenvalue weighted by molar-refractivity contribution is 0.0278. The van der Waals surface area contributed by atoms with Crippen molar-refractivity contribution in [3.8, 4) is 22.7 Å². The predicted molar refractivity (Wildman–Crippen MR) is 181 cm³/mol. The number of ether oxygens (including phenoxy) is 1. The Balaban J connectivity index is 1.37. The van der Waals surface area contributed by atoms with Crippen LogP contribution < -0.4 is 4.74 Å². The Labute approximate surface area is 275 Å². The largest absolute Gasteiger partial charge is 0.489 e. The van der Waals surface area contributed by atoms with E-state index in [1.165, 1.54) is 4.90 Å². The van der Waals surface area contributed by atoms with Gasteiger partial charge in [0.25, 0.3) is 5.91 Å². The molecule has 0 aliphatic carbocycles. The highest BCUT2D eigenvalue weighted by atomic mass is 16.5. The molecule has 1 saturated heterocycles. The van der Waals surface area contributed by atoms with Gasteiger partial charge in [-0.3, -0.25) is 4.79 Å². The highest BCUT2D eigenvalue weighted by Gasteiger charge is 2.44. The summed E-state index contributed by atoms with van der Waals surface area (Å²) >= 11 is 0. The van der Waals surface area contributed by atoms with Gasteiger partial charge in [0.15, 0.2) is 5.69 Å². The minimum Gasteiger partial charge on any atom is -0.489 e. The third-order valence-corrected chi connectivity index (χ3v) is 8.68. The number of benzene rings is 4. The fourth-order valence-electron chi connectivity index (χ4n) is 6.50. The maximum atomic E-state index is 14.7. The van der Waals surface area contributed by atoms with E-state index in [-0.39, 0.29) is 42.6 Å². The molecular formula is C38H39N5O4. The molecule has 5 aromatic rings. The summed E-state index contributed by atoms with van der Waals surface area (Å²) in [6, 6.07) is 36.8. The average Bonchev–Trinajstić information content (AvgIpc) is 3.53. The van der Waals surface area contributed by atoms with Crippen LogP contribution in [0, 0.1) is 5.41 Å². The van der Waals surface area contributed by atoms with Crippen molar-refractivity contribution >= 4 is 12.0 Å². The number of hydrogen-bond acceptors (Lipinski definition) is 5. The van der Waals surface area contributed by atoms with Crippen molar-refractivity contribution in [1.82, 2.24) is 24.8 Å². The van der Waals surface area contributed by atoms with Gasteiger partial charge in [-0.1, -0.05) is 117 Å². The van der Waals surface area contributed by atoms with Crippen LogP contribution in [0.25, 0.3) is 16.9 Å². The first-order valence-corrected chi connectivity index (χ1v) is 15.8. The number of carbonyl (C=O) groups is 2. The molecule has 1 fully saturated rings. The summed E-state index contributed by atoms with van der Waals surface area (Å²) in [5.74, 6) is 0.287. The SMILES string of the molecule is CC(C)(C)C(c1ccccc1)C1CN(C(=O)O)CCN1C(=O)c1nnn(-c2ccc(OCc3ccccc3)cc2)c1-c1ccccc1. The normalized spacial score (nSPS) is 15.7. The lowest BCUT2D eigenvalue weighted by Gasteiger charge is -2.48. The number of hydrogen-bond donors (Lipinski definition) is 1. The van der Waals surface area contributed by atoms with Gasteiger partial charge in [0, 0.05) is 31.1 Å². The van der Waals surface area contributed by atoms with Gasteiger partial charge < -0.3 is 19.6 Å². The van der Waals surface area contributed by atoms with Crippen LogP contribution in [-0.2, 0) is 6.61 Å². The number of carbonyl (C=O) groups excluding carboxylic acids is 1. The number of nitrogens with zero attached hydrogens (tertiary/aromatic N) is 5. The summed E-state index contributed by atoms with van der Waals surface area (Å²) < 4.78 is 7.68. The van der Waals surface area contributed by atoms with Crippen molar-refractivity contribution < 1.29 is 19.4 Å². The van der Waals surface area contributed by atoms with E-state index in [2.05, 4.69) is 43.2 Å². The number of aromatic nitrogens is 3. The lowest BCUT2D eigenvalue weighted by atomic mass is 9.71. The number of carboxylic acid groups (broad SMARTS) is 1. The van der Waals surface area contributed by atoms with E-state index >= 15 is 0 Å². The van der Waals surface area contributed by atoms with Crippen LogP contribution in [0.2, 0.25) is 0 Å². The topological polar surface area (TPSA) is 101 Å². The van der Waals surface area contributed by atoms with Crippen molar-refractivity contribution in [3.05, 3.63) is 132 Å². The zero-order chi connectivity index (χ0) is 33.0. The van der Waals surface area contributed by atoms with Crippen LogP contribution >= 0.6 is 0 Å². The summed E-state index contributed by atoms with van der Waals surface area (Å²) in [4.78, 5) is 30.1. The Morgan fingerprint density at radius 1 is 0.851 bits per heavy atom. The second-order valence-corrected chi connectivity index (χ2v) is 12.9. The summed E-state index contributed by atoms with van der Waals surface area (Å²) in [6.07, 6.45) is -0.991. The van der Waals surface area contributed by atoms with Gasteiger partial charge in [-0.2, -0.15) is 0 Å². The van der Waals surface area contributed by atoms with Crippen molar-refractivity contribution in [1.29, 1.82) is 0 Å². The molecule has 0 bridgehead atoms. The molecular weight excluding hydrogens is 590 g/mol. The molecule has 1 aromatic heterocycles. The molecule has 9 heteroatoms. The van der Waals surface area contributed by atoms with Gasteiger partial charge in [0.2, 0.25) is 0 Å². The second-order valence-electron chi connectivity index (χ2n) is 12.9. The molecule has 2 unspecified atom stereocenters. The first-order chi connectivity index (χ1) is 22.7. The Morgan fingerprint density at radius 3 is 2.09 bits per heavy atom. The minimum absolute atomic E-state index is 0.145. The minimum atomic E-state index is -0.991. The van der Waals surface area contributed by atoms with Crippen LogP contribution in [0.3, 0.4) is 0 Å². The first kappa shape index (κ1) is 31.5. The molecule has 0 spiro atoms. The zero-order valence-corrected chi connectivity index (χ0v) is 26.9. The lowest BCUT2D eigenvalue weighted by Crippen LogP contribution is -2.59. The number of rotatable bonds is 8. The van der Waals surface area contributed by atoms with E-state index in [0.717, 1.165) is 22.4 Å². The van der Waals surface area contributed by atoms with Crippen LogP contribution in [0.1, 0.15) is 48.3 Å². The van der Waals surface area contributed by atoms with Crippen LogP contribution in [0.5, 0.6) is 5.75 Å². The van der Waals surface area contributed by atoms with Crippen molar-refractivity contribution in [3.63, 3.8) is 0 Å². The summed E-state index contributed by atoms with van der Waals surface area (Å²) in [5.41, 5.74) is 4.15. The molecule has 1 aliphatic heterocycles. The fraction of sp³-hybridized carbons (Fsp3) is 0.263. The van der Waals surface area contributed by atoms with E-state index in [0.29, 0.717) is 18.1 Å². The zero-order valence-electron chi connectivity index (χ0n) is 26.9. The van der Waals surface area contributed by atoms with E-state index in [4.69, 9.17) is 4.74 Å². The van der Waals surface area contributed by atoms with Gasteiger partial charge in [-0.05, 0) is 40.8 Å². The maximum Gasteiger partial charge on any atom is 0.407 e. The number of amides is 2. The Bertz CT molecular complexity index is 1800. The molecule has 2 atom stereocenters. The molecule has 240 valence electrons. The highest BCUT2D eigenvalue weighted by molar-refractivity contribution is 5.98. The van der Waals surface area contributed by atoms with Gasteiger partial charge in [-0.15, -0.1) is 5.10 Å². The van der Waals surface area contributed by atoms with Crippen LogP contribution in [0.15, 0.2) is 115 Å². The molecule has 1 aliphatic rings. The van der Waals surface area contributed by atoms with Gasteiger partial charge >= 0.3 is 6.09 Å². The average molecular weight is 630 g/mol. The van der Waals surface area contributed by atoms with Crippen molar-refractivity contribution in [2.24, 2.45) is 5.41 Å². The van der Waals surface area contributed by atoms with Crippen LogP contribution in [-0.4, -0.2) is 67.6 Å². The highest BCUT2D eigenvalue weighted by Crippen LogP contribution is 2.41. The Kier molecular flexibility index (Phi) is 9.06. The quantitative estimate of drug-likeness (QED) is 0.196. The third-order valence-electron chi connectivity index (χ3n) is 8.68. The molecule has 47 heavy (non-hydrogen) atoms. The first-order valence-electron chi connectivity index (χ1n) is 15.8. The maximum absolute atomic E-state index is 14.7. The molecule has 0 radical (unpaired) electrons. The smallest absolute Gasteiger partial charge is 0.407 e. The fourth-order valence-corrected chi connectivity index (χ4v) is 6.50. The third kappa shape index (κ3) is 6.89. The molecule has 4 aromatic carbocycles. The van der Waals surface area contributed by atoms with Gasteiger partial charge in [-0.25, -0.2) is 9.48 Å². The molecule has 0 saturated carbocycles. The molecule has 9 nitrogen and oxygen atoms in total. The molecule has 2 heterocycles. The summed E-state index contributed by atoms with van der Waals surface area (Å²) in [5, 5.41) is 19.0. The van der Waals surface area contributed by atoms with Crippen LogP contribution in [0.4, 0.5) is 4.79 Å². The van der Waals surface area contributed by atoms with E-state index in [1.807, 2.05) is 108 Å². The van der Waals surface area contributed by atoms with E-state index in [1.54, 1.807) is 4.68 Å². The van der Waals surface area contributed by atoms with Crippen molar-refractivity contribution in [2.75, 3.05) is 19.6 Å². The van der Waals surface area contributed by atoms with Gasteiger partial charge in [0.1, 0.15) is 18.1 Å². The molecule has 1 N–H and O–H groups in total. The molecule has 6 rings (SSSR count). The monoisotopic (exact) mass is 629 g/mol. The van der Waals surface area contributed by atoms with Crippen molar-refractivity contribution in [2.45, 2.75) is 39.3 Å². The summed E-state index contributed by atoms with van der Waals surface area (Å²) in [6.45, 7) is 7.49. The number of piperazine rings is 1. The second kappa shape index (κ2) is 13.5. The summed E-state index contributed by atoms with van der Waals surface area (Å²) in [7, 11) is 0. The Hall–Kier alpha value is -5.44. The molecule has 2 amide bonds.